The maximum atomic E-state index is 11.9. The van der Waals surface area contributed by atoms with Gasteiger partial charge in [0.25, 0.3) is 0 Å². The van der Waals surface area contributed by atoms with Gasteiger partial charge in [-0.05, 0) is 26.4 Å². The van der Waals surface area contributed by atoms with E-state index in [0.717, 1.165) is 58.8 Å². The quantitative estimate of drug-likeness (QED) is 0.723. The number of nitrogens with zero attached hydrogens (tertiary/aromatic N) is 2. The van der Waals surface area contributed by atoms with Gasteiger partial charge in [-0.3, -0.25) is 14.6 Å². The van der Waals surface area contributed by atoms with Crippen molar-refractivity contribution < 1.29 is 9.53 Å². The lowest BCUT2D eigenvalue weighted by molar-refractivity contribution is -0.125. The Morgan fingerprint density at radius 3 is 2.76 bits per heavy atom. The van der Waals surface area contributed by atoms with Crippen LogP contribution in [-0.4, -0.2) is 74.7 Å². The molecule has 2 aliphatic heterocycles. The molecule has 1 unspecified atom stereocenters. The number of carbonyl (C=O) groups excluding carboxylic acids is 1. The van der Waals surface area contributed by atoms with Crippen LogP contribution in [0.1, 0.15) is 12.8 Å². The molecule has 0 aromatic carbocycles. The van der Waals surface area contributed by atoms with Crippen LogP contribution in [0.5, 0.6) is 0 Å². The van der Waals surface area contributed by atoms with E-state index in [1.807, 2.05) is 7.05 Å². The van der Waals surface area contributed by atoms with Gasteiger partial charge in [-0.15, -0.1) is 0 Å². The predicted octanol–water partition coefficient (Wildman–Crippen LogP) is -0.471. The second-order valence-electron chi connectivity index (χ2n) is 4.88. The zero-order valence-corrected chi connectivity index (χ0v) is 10.7. The van der Waals surface area contributed by atoms with Crippen LogP contribution in [-0.2, 0) is 9.53 Å². The van der Waals surface area contributed by atoms with Gasteiger partial charge in [0.15, 0.2) is 0 Å². The Labute approximate surface area is 103 Å². The summed E-state index contributed by atoms with van der Waals surface area (Å²) in [7, 11) is 2.03. The van der Waals surface area contributed by atoms with Crippen molar-refractivity contribution in [3.05, 3.63) is 0 Å². The average molecular weight is 241 g/mol. The summed E-state index contributed by atoms with van der Waals surface area (Å²) in [5.41, 5.74) is 0. The molecule has 0 aliphatic carbocycles. The molecule has 98 valence electrons. The Morgan fingerprint density at radius 2 is 2.12 bits per heavy atom. The summed E-state index contributed by atoms with van der Waals surface area (Å²) in [4.78, 5) is 16.4. The number of likely N-dealkylation sites (N-methyl/N-ethyl adjacent to an activating group) is 1. The number of ether oxygens (including phenoxy) is 1. The molecule has 1 N–H and O–H groups in total. The molecule has 0 saturated carbocycles. The van der Waals surface area contributed by atoms with Crippen molar-refractivity contribution in [2.24, 2.45) is 0 Å². The molecule has 5 nitrogen and oxygen atoms in total. The molecule has 1 amide bonds. The largest absolute Gasteiger partial charge is 0.379 e. The van der Waals surface area contributed by atoms with E-state index in [1.54, 1.807) is 0 Å². The van der Waals surface area contributed by atoms with Crippen LogP contribution in [0.3, 0.4) is 0 Å². The molecule has 2 fully saturated rings. The first-order valence-electron chi connectivity index (χ1n) is 6.55. The molecule has 2 saturated heterocycles. The number of amides is 1. The summed E-state index contributed by atoms with van der Waals surface area (Å²) in [6.45, 7) is 6.34. The summed E-state index contributed by atoms with van der Waals surface area (Å²) < 4.78 is 5.29. The Hall–Kier alpha value is -0.650. The van der Waals surface area contributed by atoms with Gasteiger partial charge in [-0.1, -0.05) is 0 Å². The van der Waals surface area contributed by atoms with Crippen molar-refractivity contribution >= 4 is 5.91 Å². The number of rotatable bonds is 4. The Balaban J connectivity index is 1.62. The van der Waals surface area contributed by atoms with E-state index in [4.69, 9.17) is 4.74 Å². The van der Waals surface area contributed by atoms with Crippen molar-refractivity contribution in [2.45, 2.75) is 18.9 Å². The minimum atomic E-state index is 0.0969. The second-order valence-corrected chi connectivity index (χ2v) is 4.88. The van der Waals surface area contributed by atoms with Crippen molar-refractivity contribution in [1.29, 1.82) is 0 Å². The highest BCUT2D eigenvalue weighted by atomic mass is 16.5. The monoisotopic (exact) mass is 241 g/mol. The summed E-state index contributed by atoms with van der Waals surface area (Å²) in [5, 5.41) is 3.04. The first-order valence-corrected chi connectivity index (χ1v) is 6.55. The van der Waals surface area contributed by atoms with Gasteiger partial charge < -0.3 is 10.1 Å². The Morgan fingerprint density at radius 1 is 1.35 bits per heavy atom. The SMILES string of the molecule is CN1CCCC1C(=O)NCCN1CCOCC1. The van der Waals surface area contributed by atoms with Crippen LogP contribution >= 0.6 is 0 Å². The fourth-order valence-corrected chi connectivity index (χ4v) is 2.52. The first kappa shape index (κ1) is 12.8. The van der Waals surface area contributed by atoms with Gasteiger partial charge in [0.05, 0.1) is 19.3 Å². The van der Waals surface area contributed by atoms with Gasteiger partial charge in [-0.2, -0.15) is 0 Å². The minimum Gasteiger partial charge on any atom is -0.379 e. The normalized spacial score (nSPS) is 27.2. The van der Waals surface area contributed by atoms with E-state index in [-0.39, 0.29) is 11.9 Å². The molecule has 0 spiro atoms. The maximum Gasteiger partial charge on any atom is 0.237 e. The van der Waals surface area contributed by atoms with E-state index in [9.17, 15) is 4.79 Å². The minimum absolute atomic E-state index is 0.0969. The molecule has 2 rings (SSSR count). The number of carbonyl (C=O) groups is 1. The van der Waals surface area contributed by atoms with Crippen molar-refractivity contribution in [2.75, 3.05) is 53.0 Å². The van der Waals surface area contributed by atoms with E-state index in [2.05, 4.69) is 15.1 Å². The third kappa shape index (κ3) is 3.66. The lowest BCUT2D eigenvalue weighted by Gasteiger charge is -2.27. The molecular weight excluding hydrogens is 218 g/mol. The van der Waals surface area contributed by atoms with Gasteiger partial charge in [0.2, 0.25) is 5.91 Å². The van der Waals surface area contributed by atoms with Crippen molar-refractivity contribution in [3.8, 4) is 0 Å². The number of morpholine rings is 1. The van der Waals surface area contributed by atoms with Crippen LogP contribution in [0.25, 0.3) is 0 Å². The molecule has 0 aromatic rings. The van der Waals surface area contributed by atoms with Gasteiger partial charge in [0, 0.05) is 26.2 Å². The van der Waals surface area contributed by atoms with E-state index in [1.165, 1.54) is 0 Å². The molecular formula is C12H23N3O2. The summed E-state index contributed by atoms with van der Waals surface area (Å²) in [5.74, 6) is 0.193. The number of hydrogen-bond donors (Lipinski definition) is 1. The average Bonchev–Trinajstić information content (AvgIpc) is 2.77. The van der Waals surface area contributed by atoms with Crippen molar-refractivity contribution in [1.82, 2.24) is 15.1 Å². The fourth-order valence-electron chi connectivity index (χ4n) is 2.52. The zero-order valence-electron chi connectivity index (χ0n) is 10.7. The Bertz CT molecular complexity index is 254. The third-order valence-corrected chi connectivity index (χ3v) is 3.65. The second kappa shape index (κ2) is 6.33. The van der Waals surface area contributed by atoms with Crippen molar-refractivity contribution in [3.63, 3.8) is 0 Å². The van der Waals surface area contributed by atoms with Crippen LogP contribution in [0.4, 0.5) is 0 Å². The highest BCUT2D eigenvalue weighted by Gasteiger charge is 2.27. The molecule has 1 atom stereocenters. The lowest BCUT2D eigenvalue weighted by Crippen LogP contribution is -2.45. The van der Waals surface area contributed by atoms with Gasteiger partial charge in [-0.25, -0.2) is 0 Å². The first-order chi connectivity index (χ1) is 8.27. The third-order valence-electron chi connectivity index (χ3n) is 3.65. The molecule has 17 heavy (non-hydrogen) atoms. The maximum absolute atomic E-state index is 11.9. The van der Waals surface area contributed by atoms with Crippen LogP contribution < -0.4 is 5.32 Å². The highest BCUT2D eigenvalue weighted by Crippen LogP contribution is 2.14. The van der Waals surface area contributed by atoms with Gasteiger partial charge >= 0.3 is 0 Å². The fraction of sp³-hybridized carbons (Fsp3) is 0.917. The molecule has 5 heteroatoms. The summed E-state index contributed by atoms with van der Waals surface area (Å²) >= 11 is 0. The molecule has 0 aromatic heterocycles. The van der Waals surface area contributed by atoms with E-state index >= 15 is 0 Å². The number of hydrogen-bond acceptors (Lipinski definition) is 4. The summed E-state index contributed by atoms with van der Waals surface area (Å²) in [6, 6.07) is 0.0969. The van der Waals surface area contributed by atoms with Crippen LogP contribution in [0, 0.1) is 0 Å². The number of likely N-dealkylation sites (tertiary alicyclic amines) is 1. The van der Waals surface area contributed by atoms with Crippen LogP contribution in [0.15, 0.2) is 0 Å². The zero-order chi connectivity index (χ0) is 12.1. The lowest BCUT2D eigenvalue weighted by atomic mass is 10.2. The molecule has 0 radical (unpaired) electrons. The highest BCUT2D eigenvalue weighted by molar-refractivity contribution is 5.81. The van der Waals surface area contributed by atoms with Crippen LogP contribution in [0.2, 0.25) is 0 Å². The van der Waals surface area contributed by atoms with Gasteiger partial charge in [0.1, 0.15) is 0 Å². The molecule has 0 bridgehead atoms. The standard InChI is InChI=1S/C12H23N3O2/c1-14-5-2-3-11(14)12(16)13-4-6-15-7-9-17-10-8-15/h11H,2-10H2,1H3,(H,13,16). The van der Waals surface area contributed by atoms with E-state index < -0.39 is 0 Å². The summed E-state index contributed by atoms with van der Waals surface area (Å²) in [6.07, 6.45) is 2.14. The number of nitrogens with one attached hydrogen (secondary N) is 1. The topological polar surface area (TPSA) is 44.8 Å². The Kier molecular flexibility index (Phi) is 4.76. The van der Waals surface area contributed by atoms with E-state index in [0.29, 0.717) is 0 Å². The molecule has 2 aliphatic rings. The smallest absolute Gasteiger partial charge is 0.237 e. The predicted molar refractivity (Wildman–Crippen MR) is 65.9 cm³/mol. The molecule has 2 heterocycles.